The van der Waals surface area contributed by atoms with Crippen LogP contribution in [0.4, 0.5) is 0 Å². The van der Waals surface area contributed by atoms with Crippen LogP contribution in [0.25, 0.3) is 0 Å². The SMILES string of the molecule is C[Si](CCC(C#N)C#N)O[Si](C)(C)C. The zero-order chi connectivity index (χ0) is 11.2. The minimum absolute atomic E-state index is 0.458. The second-order valence-corrected chi connectivity index (χ2v) is 11.2. The molecule has 0 aromatic rings. The minimum atomic E-state index is -1.43. The van der Waals surface area contributed by atoms with Crippen LogP contribution in [0.15, 0.2) is 0 Å². The first kappa shape index (κ1) is 13.4. The van der Waals surface area contributed by atoms with Crippen molar-refractivity contribution in [3.63, 3.8) is 0 Å². The normalized spacial score (nSPS) is 11.4. The van der Waals surface area contributed by atoms with Gasteiger partial charge in [0.15, 0.2) is 17.4 Å². The second kappa shape index (κ2) is 5.97. The van der Waals surface area contributed by atoms with Gasteiger partial charge in [-0.2, -0.15) is 10.5 Å². The lowest BCUT2D eigenvalue weighted by Gasteiger charge is -2.22. The average Bonchev–Trinajstić information content (AvgIpc) is 2.03. The fraction of sp³-hybridized carbons (Fsp3) is 0.778. The van der Waals surface area contributed by atoms with E-state index >= 15 is 0 Å². The van der Waals surface area contributed by atoms with Crippen molar-refractivity contribution in [2.24, 2.45) is 5.92 Å². The van der Waals surface area contributed by atoms with Crippen molar-refractivity contribution in [1.29, 1.82) is 10.5 Å². The lowest BCUT2D eigenvalue weighted by Crippen LogP contribution is -2.33. The quantitative estimate of drug-likeness (QED) is 0.676. The Morgan fingerprint density at radius 1 is 1.29 bits per heavy atom. The molecule has 5 heteroatoms. The van der Waals surface area contributed by atoms with Crippen molar-refractivity contribution in [2.75, 3.05) is 0 Å². The number of nitriles is 2. The molecule has 0 heterocycles. The molecule has 0 saturated heterocycles. The Hall–Kier alpha value is -0.626. The number of hydrogen-bond donors (Lipinski definition) is 0. The van der Waals surface area contributed by atoms with Gasteiger partial charge in [0.1, 0.15) is 5.92 Å². The van der Waals surface area contributed by atoms with Gasteiger partial charge in [-0.3, -0.25) is 0 Å². The van der Waals surface area contributed by atoms with Crippen molar-refractivity contribution < 1.29 is 4.12 Å². The summed E-state index contributed by atoms with van der Waals surface area (Å²) >= 11 is 0. The zero-order valence-electron chi connectivity index (χ0n) is 9.29. The minimum Gasteiger partial charge on any atom is -0.456 e. The Balaban J connectivity index is 3.82. The molecule has 3 nitrogen and oxygen atoms in total. The van der Waals surface area contributed by atoms with E-state index in [1.165, 1.54) is 0 Å². The van der Waals surface area contributed by atoms with Gasteiger partial charge in [0.25, 0.3) is 0 Å². The summed E-state index contributed by atoms with van der Waals surface area (Å²) in [5.41, 5.74) is 0. The summed E-state index contributed by atoms with van der Waals surface area (Å²) in [5, 5.41) is 17.2. The van der Waals surface area contributed by atoms with Crippen LogP contribution < -0.4 is 0 Å². The van der Waals surface area contributed by atoms with Crippen LogP contribution in [-0.4, -0.2) is 17.4 Å². The fourth-order valence-electron chi connectivity index (χ4n) is 1.08. The standard InChI is InChI=1S/C9H17N2OSi2/c1-13(12-14(2,3)4)6-5-9(7-10)8-11/h9H,5-6H2,1-4H3. The molecular weight excluding hydrogens is 208 g/mol. The van der Waals surface area contributed by atoms with E-state index < -0.39 is 23.3 Å². The molecule has 0 aromatic carbocycles. The van der Waals surface area contributed by atoms with Crippen molar-refractivity contribution in [2.45, 2.75) is 38.7 Å². The Kier molecular flexibility index (Phi) is 5.70. The number of hydrogen-bond acceptors (Lipinski definition) is 3. The van der Waals surface area contributed by atoms with Gasteiger partial charge in [-0.25, -0.2) is 0 Å². The highest BCUT2D eigenvalue weighted by Crippen LogP contribution is 2.12. The molecule has 0 aromatic heterocycles. The van der Waals surface area contributed by atoms with Crippen LogP contribution in [0.1, 0.15) is 6.42 Å². The van der Waals surface area contributed by atoms with Gasteiger partial charge in [-0.15, -0.1) is 0 Å². The van der Waals surface area contributed by atoms with Gasteiger partial charge in [0, 0.05) is 0 Å². The highest BCUT2D eigenvalue weighted by Gasteiger charge is 2.20. The second-order valence-electron chi connectivity index (χ2n) is 4.27. The Bertz CT molecular complexity index is 235. The molecule has 0 spiro atoms. The molecule has 0 atom stereocenters. The molecule has 0 aliphatic heterocycles. The van der Waals surface area contributed by atoms with Gasteiger partial charge < -0.3 is 4.12 Å². The number of rotatable bonds is 5. The van der Waals surface area contributed by atoms with Crippen molar-refractivity contribution in [1.82, 2.24) is 0 Å². The molecule has 0 bridgehead atoms. The largest absolute Gasteiger partial charge is 0.456 e. The van der Waals surface area contributed by atoms with E-state index in [-0.39, 0.29) is 0 Å². The van der Waals surface area contributed by atoms with E-state index in [0.29, 0.717) is 6.42 Å². The fourth-order valence-corrected chi connectivity index (χ4v) is 6.36. The third kappa shape index (κ3) is 6.84. The van der Waals surface area contributed by atoms with E-state index in [2.05, 4.69) is 26.2 Å². The van der Waals surface area contributed by atoms with Crippen LogP contribution >= 0.6 is 0 Å². The maximum atomic E-state index is 8.58. The molecule has 0 rings (SSSR count). The zero-order valence-corrected chi connectivity index (χ0v) is 11.3. The monoisotopic (exact) mass is 225 g/mol. The van der Waals surface area contributed by atoms with E-state index in [4.69, 9.17) is 14.6 Å². The Morgan fingerprint density at radius 3 is 2.14 bits per heavy atom. The highest BCUT2D eigenvalue weighted by atomic mass is 28.4. The topological polar surface area (TPSA) is 56.8 Å². The summed E-state index contributed by atoms with van der Waals surface area (Å²) in [7, 11) is -2.24. The molecule has 0 aliphatic carbocycles. The molecule has 0 fully saturated rings. The molecule has 1 radical (unpaired) electrons. The van der Waals surface area contributed by atoms with E-state index in [9.17, 15) is 0 Å². The first-order valence-electron chi connectivity index (χ1n) is 4.69. The van der Waals surface area contributed by atoms with Crippen LogP contribution in [0.5, 0.6) is 0 Å². The van der Waals surface area contributed by atoms with Crippen LogP contribution in [0.3, 0.4) is 0 Å². The average molecular weight is 225 g/mol. The van der Waals surface area contributed by atoms with Gasteiger partial charge in [0.2, 0.25) is 0 Å². The predicted octanol–water partition coefficient (Wildman–Crippen LogP) is 2.51. The van der Waals surface area contributed by atoms with Crippen molar-refractivity contribution >= 4 is 17.4 Å². The summed E-state index contributed by atoms with van der Waals surface area (Å²) in [6.45, 7) is 8.59. The van der Waals surface area contributed by atoms with Gasteiger partial charge in [-0.05, 0) is 38.7 Å². The van der Waals surface area contributed by atoms with Crippen molar-refractivity contribution in [3.05, 3.63) is 0 Å². The van der Waals surface area contributed by atoms with Gasteiger partial charge in [-0.1, -0.05) is 0 Å². The highest BCUT2D eigenvalue weighted by molar-refractivity contribution is 6.77. The first-order valence-corrected chi connectivity index (χ1v) is 10.2. The Labute approximate surface area is 89.2 Å². The molecule has 0 aliphatic rings. The lowest BCUT2D eigenvalue weighted by molar-refractivity contribution is 0.566. The smallest absolute Gasteiger partial charge is 0.194 e. The van der Waals surface area contributed by atoms with Crippen LogP contribution in [-0.2, 0) is 4.12 Å². The van der Waals surface area contributed by atoms with Gasteiger partial charge in [0.05, 0.1) is 12.1 Å². The maximum absolute atomic E-state index is 8.58. The van der Waals surface area contributed by atoms with Crippen LogP contribution in [0.2, 0.25) is 32.2 Å². The summed E-state index contributed by atoms with van der Waals surface area (Å²) < 4.78 is 5.90. The van der Waals surface area contributed by atoms with E-state index in [1.54, 1.807) is 0 Å². The maximum Gasteiger partial charge on any atom is 0.194 e. The summed E-state index contributed by atoms with van der Waals surface area (Å²) in [4.78, 5) is 0. The molecule has 0 saturated carbocycles. The molecule has 14 heavy (non-hydrogen) atoms. The summed E-state index contributed by atoms with van der Waals surface area (Å²) in [6, 6.07) is 4.85. The molecule has 0 N–H and O–H groups in total. The molecule has 0 unspecified atom stereocenters. The first-order chi connectivity index (χ1) is 6.39. The Morgan fingerprint density at radius 2 is 1.79 bits per heavy atom. The summed E-state index contributed by atoms with van der Waals surface area (Å²) in [6.07, 6.45) is 0.655. The van der Waals surface area contributed by atoms with Gasteiger partial charge >= 0.3 is 0 Å². The number of nitrogens with zero attached hydrogens (tertiary/aromatic N) is 2. The van der Waals surface area contributed by atoms with E-state index in [1.807, 2.05) is 12.1 Å². The molecule has 77 valence electrons. The molecule has 0 amide bonds. The third-order valence-corrected chi connectivity index (χ3v) is 6.41. The van der Waals surface area contributed by atoms with Crippen molar-refractivity contribution in [3.8, 4) is 12.1 Å². The summed E-state index contributed by atoms with van der Waals surface area (Å²) in [5.74, 6) is -0.458. The lowest BCUT2D eigenvalue weighted by atomic mass is 10.1. The van der Waals surface area contributed by atoms with E-state index in [0.717, 1.165) is 6.04 Å². The third-order valence-electron chi connectivity index (χ3n) is 1.58. The van der Waals surface area contributed by atoms with Crippen LogP contribution in [0, 0.1) is 28.6 Å². The predicted molar refractivity (Wildman–Crippen MR) is 60.2 cm³/mol. The molecular formula is C9H17N2OSi2.